The second-order valence-corrected chi connectivity index (χ2v) is 7.11. The number of fused-ring (bicyclic) bond motifs is 1. The van der Waals surface area contributed by atoms with Gasteiger partial charge < -0.3 is 24.6 Å². The first-order valence-corrected chi connectivity index (χ1v) is 10.0. The number of morpholine rings is 2. The summed E-state index contributed by atoms with van der Waals surface area (Å²) < 4.78 is 11.0. The smallest absolute Gasteiger partial charge is 0.233 e. The number of anilines is 4. The first kappa shape index (κ1) is 20.6. The molecule has 0 unspecified atom stereocenters. The molecule has 2 aliphatic rings. The SMILES string of the molecule is Cl.c1ccc2c(Nc3nc(N4CCOCC4)nc(N4CCOCC4)n3)cccc2c1. The fraction of sp³-hybridized carbons (Fsp3) is 0.381. The van der Waals surface area contributed by atoms with Crippen molar-refractivity contribution in [1.82, 2.24) is 15.0 Å². The highest BCUT2D eigenvalue weighted by Crippen LogP contribution is 2.27. The zero-order chi connectivity index (χ0) is 19.5. The first-order chi connectivity index (χ1) is 14.4. The van der Waals surface area contributed by atoms with E-state index in [4.69, 9.17) is 24.4 Å². The van der Waals surface area contributed by atoms with Crippen molar-refractivity contribution in [2.45, 2.75) is 0 Å². The molecule has 0 radical (unpaired) electrons. The Labute approximate surface area is 181 Å². The molecule has 0 bridgehead atoms. The van der Waals surface area contributed by atoms with Crippen molar-refractivity contribution in [3.63, 3.8) is 0 Å². The molecule has 2 aliphatic heterocycles. The van der Waals surface area contributed by atoms with E-state index in [1.807, 2.05) is 18.2 Å². The van der Waals surface area contributed by atoms with Gasteiger partial charge in [-0.25, -0.2) is 0 Å². The Hall–Kier alpha value is -2.68. The molecule has 5 rings (SSSR count). The summed E-state index contributed by atoms with van der Waals surface area (Å²) in [4.78, 5) is 18.5. The standard InChI is InChI=1S/C21H24N6O2.ClH/c1-2-6-17-16(4-1)5-3-7-18(17)22-19-23-20(26-8-12-28-13-9-26)25-21(24-19)27-10-14-29-15-11-27;/h1-7H,8-15H2,(H,22,23,24,25);1H. The molecule has 0 atom stereocenters. The van der Waals surface area contributed by atoms with Crippen LogP contribution in [0.15, 0.2) is 42.5 Å². The maximum absolute atomic E-state index is 5.49. The topological polar surface area (TPSA) is 75.6 Å². The summed E-state index contributed by atoms with van der Waals surface area (Å²) in [7, 11) is 0. The minimum atomic E-state index is 0. The second kappa shape index (κ2) is 9.42. The van der Waals surface area contributed by atoms with E-state index in [1.54, 1.807) is 0 Å². The van der Waals surface area contributed by atoms with Crippen molar-refractivity contribution >= 4 is 46.7 Å². The molecule has 158 valence electrons. The van der Waals surface area contributed by atoms with Crippen molar-refractivity contribution < 1.29 is 9.47 Å². The minimum absolute atomic E-state index is 0. The molecular weight excluding hydrogens is 404 g/mol. The maximum atomic E-state index is 5.49. The minimum Gasteiger partial charge on any atom is -0.378 e. The van der Waals surface area contributed by atoms with Gasteiger partial charge in [-0.05, 0) is 11.5 Å². The van der Waals surface area contributed by atoms with Gasteiger partial charge in [-0.15, -0.1) is 12.4 Å². The summed E-state index contributed by atoms with van der Waals surface area (Å²) >= 11 is 0. The largest absolute Gasteiger partial charge is 0.378 e. The predicted molar refractivity (Wildman–Crippen MR) is 120 cm³/mol. The molecule has 2 fully saturated rings. The fourth-order valence-electron chi connectivity index (χ4n) is 3.67. The Balaban J connectivity index is 0.00000218. The van der Waals surface area contributed by atoms with E-state index in [2.05, 4.69) is 39.4 Å². The Kier molecular flexibility index (Phi) is 6.47. The molecule has 30 heavy (non-hydrogen) atoms. The van der Waals surface area contributed by atoms with Crippen LogP contribution in [0.1, 0.15) is 0 Å². The molecule has 3 aromatic rings. The van der Waals surface area contributed by atoms with Crippen LogP contribution in [-0.2, 0) is 9.47 Å². The van der Waals surface area contributed by atoms with Crippen LogP contribution in [0, 0.1) is 0 Å². The van der Waals surface area contributed by atoms with Gasteiger partial charge >= 0.3 is 0 Å². The highest BCUT2D eigenvalue weighted by atomic mass is 35.5. The number of rotatable bonds is 4. The Morgan fingerprint density at radius 1 is 0.700 bits per heavy atom. The average molecular weight is 429 g/mol. The van der Waals surface area contributed by atoms with Crippen LogP contribution in [0.2, 0.25) is 0 Å². The van der Waals surface area contributed by atoms with E-state index in [0.717, 1.165) is 37.3 Å². The highest BCUT2D eigenvalue weighted by molar-refractivity contribution is 5.94. The van der Waals surface area contributed by atoms with E-state index in [1.165, 1.54) is 5.39 Å². The monoisotopic (exact) mass is 428 g/mol. The van der Waals surface area contributed by atoms with Crippen LogP contribution in [0.25, 0.3) is 10.8 Å². The van der Waals surface area contributed by atoms with Gasteiger partial charge in [-0.3, -0.25) is 0 Å². The summed E-state index contributed by atoms with van der Waals surface area (Å²) in [5, 5.41) is 5.74. The lowest BCUT2D eigenvalue weighted by atomic mass is 10.1. The fourth-order valence-corrected chi connectivity index (χ4v) is 3.67. The van der Waals surface area contributed by atoms with Crippen LogP contribution in [0.4, 0.5) is 23.5 Å². The third-order valence-corrected chi connectivity index (χ3v) is 5.24. The number of aromatic nitrogens is 3. The van der Waals surface area contributed by atoms with Crippen molar-refractivity contribution in [2.24, 2.45) is 0 Å². The molecule has 1 aromatic heterocycles. The van der Waals surface area contributed by atoms with Gasteiger partial charge in [-0.2, -0.15) is 15.0 Å². The van der Waals surface area contributed by atoms with Crippen LogP contribution in [0.3, 0.4) is 0 Å². The van der Waals surface area contributed by atoms with Gasteiger partial charge in [0.15, 0.2) is 0 Å². The van der Waals surface area contributed by atoms with E-state index >= 15 is 0 Å². The normalized spacial score (nSPS) is 16.9. The molecular formula is C21H25ClN6O2. The number of benzene rings is 2. The summed E-state index contributed by atoms with van der Waals surface area (Å²) in [6.07, 6.45) is 0. The molecule has 2 saturated heterocycles. The van der Waals surface area contributed by atoms with Crippen molar-refractivity contribution in [3.8, 4) is 0 Å². The van der Waals surface area contributed by atoms with Crippen LogP contribution in [-0.4, -0.2) is 67.6 Å². The van der Waals surface area contributed by atoms with E-state index in [-0.39, 0.29) is 12.4 Å². The summed E-state index contributed by atoms with van der Waals surface area (Å²) in [5.41, 5.74) is 0.982. The Bertz CT molecular complexity index is 951. The van der Waals surface area contributed by atoms with Gasteiger partial charge in [0.2, 0.25) is 17.8 Å². The van der Waals surface area contributed by atoms with Gasteiger partial charge in [0, 0.05) is 37.3 Å². The van der Waals surface area contributed by atoms with Crippen LogP contribution in [0.5, 0.6) is 0 Å². The summed E-state index contributed by atoms with van der Waals surface area (Å²) in [6.45, 7) is 5.85. The lowest BCUT2D eigenvalue weighted by molar-refractivity contribution is 0.121. The zero-order valence-corrected chi connectivity index (χ0v) is 17.5. The van der Waals surface area contributed by atoms with Gasteiger partial charge in [-0.1, -0.05) is 36.4 Å². The van der Waals surface area contributed by atoms with Crippen molar-refractivity contribution in [1.29, 1.82) is 0 Å². The molecule has 0 aliphatic carbocycles. The highest BCUT2D eigenvalue weighted by Gasteiger charge is 2.21. The molecule has 2 aromatic carbocycles. The number of hydrogen-bond donors (Lipinski definition) is 1. The lowest BCUT2D eigenvalue weighted by Crippen LogP contribution is -2.40. The molecule has 0 amide bonds. The van der Waals surface area contributed by atoms with Gasteiger partial charge in [0.05, 0.1) is 26.4 Å². The Morgan fingerprint density at radius 3 is 1.90 bits per heavy atom. The lowest BCUT2D eigenvalue weighted by Gasteiger charge is -2.30. The van der Waals surface area contributed by atoms with E-state index in [0.29, 0.717) is 44.3 Å². The van der Waals surface area contributed by atoms with E-state index < -0.39 is 0 Å². The molecule has 1 N–H and O–H groups in total. The number of nitrogens with one attached hydrogen (secondary N) is 1. The third kappa shape index (κ3) is 4.40. The number of hydrogen-bond acceptors (Lipinski definition) is 8. The van der Waals surface area contributed by atoms with Crippen LogP contribution >= 0.6 is 12.4 Å². The van der Waals surface area contributed by atoms with Gasteiger partial charge in [0.1, 0.15) is 0 Å². The van der Waals surface area contributed by atoms with Crippen molar-refractivity contribution in [3.05, 3.63) is 42.5 Å². The molecule has 0 spiro atoms. The zero-order valence-electron chi connectivity index (χ0n) is 16.7. The molecule has 0 saturated carbocycles. The van der Waals surface area contributed by atoms with Crippen molar-refractivity contribution in [2.75, 3.05) is 67.7 Å². The Morgan fingerprint density at radius 2 is 1.27 bits per heavy atom. The molecule has 9 heteroatoms. The molecule has 3 heterocycles. The predicted octanol–water partition coefficient (Wildman–Crippen LogP) is 2.86. The molecule has 8 nitrogen and oxygen atoms in total. The first-order valence-electron chi connectivity index (χ1n) is 10.0. The number of ether oxygens (including phenoxy) is 2. The summed E-state index contributed by atoms with van der Waals surface area (Å²) in [5.74, 6) is 1.93. The average Bonchev–Trinajstić information content (AvgIpc) is 2.80. The quantitative estimate of drug-likeness (QED) is 0.679. The number of halogens is 1. The number of nitrogens with zero attached hydrogens (tertiary/aromatic N) is 5. The summed E-state index contributed by atoms with van der Waals surface area (Å²) in [6, 6.07) is 14.5. The van der Waals surface area contributed by atoms with Gasteiger partial charge in [0.25, 0.3) is 0 Å². The van der Waals surface area contributed by atoms with Crippen LogP contribution < -0.4 is 15.1 Å². The second-order valence-electron chi connectivity index (χ2n) is 7.11. The van der Waals surface area contributed by atoms with E-state index in [9.17, 15) is 0 Å². The maximum Gasteiger partial charge on any atom is 0.233 e. The third-order valence-electron chi connectivity index (χ3n) is 5.24.